The van der Waals surface area contributed by atoms with Crippen molar-refractivity contribution in [2.75, 3.05) is 0 Å². The number of rotatable bonds is 6. The lowest BCUT2D eigenvalue weighted by molar-refractivity contribution is 0.0950. The van der Waals surface area contributed by atoms with Crippen LogP contribution in [0.5, 0.6) is 5.75 Å². The van der Waals surface area contributed by atoms with Crippen molar-refractivity contribution in [3.8, 4) is 5.75 Å². The number of halogens is 1. The van der Waals surface area contributed by atoms with Gasteiger partial charge in [-0.25, -0.2) is 5.43 Å². The van der Waals surface area contributed by atoms with Gasteiger partial charge >= 0.3 is 0 Å². The summed E-state index contributed by atoms with van der Waals surface area (Å²) >= 11 is 5.91. The number of carbonyl (C=O) groups excluding carboxylic acids is 1. The third-order valence-electron chi connectivity index (χ3n) is 4.63. The van der Waals surface area contributed by atoms with Crippen LogP contribution in [0.25, 0.3) is 10.8 Å². The zero-order valence-electron chi connectivity index (χ0n) is 16.1. The van der Waals surface area contributed by atoms with Gasteiger partial charge in [-0.1, -0.05) is 78.3 Å². The van der Waals surface area contributed by atoms with E-state index in [1.807, 2.05) is 60.7 Å². The van der Waals surface area contributed by atoms with Crippen LogP contribution in [0.2, 0.25) is 5.02 Å². The molecule has 4 aromatic rings. The van der Waals surface area contributed by atoms with E-state index in [0.717, 1.165) is 21.9 Å². The second-order valence-corrected chi connectivity index (χ2v) is 7.12. The Kier molecular flexibility index (Phi) is 6.06. The average Bonchev–Trinajstić information content (AvgIpc) is 2.79. The number of hydrazone groups is 1. The SMILES string of the molecule is O=C(N/N=C\c1cccc2ccccc12)c1ccccc1OCc1ccc(Cl)cc1. The van der Waals surface area contributed by atoms with Crippen molar-refractivity contribution in [1.29, 1.82) is 0 Å². The first-order valence-corrected chi connectivity index (χ1v) is 9.86. The Hall–Kier alpha value is -3.63. The molecule has 4 aromatic carbocycles. The van der Waals surface area contributed by atoms with E-state index in [0.29, 0.717) is 22.9 Å². The van der Waals surface area contributed by atoms with Crippen molar-refractivity contribution in [3.05, 3.63) is 113 Å². The largest absolute Gasteiger partial charge is 0.488 e. The number of amides is 1. The molecule has 148 valence electrons. The molecule has 0 aliphatic rings. The summed E-state index contributed by atoms with van der Waals surface area (Å²) in [5.41, 5.74) is 4.90. The maximum Gasteiger partial charge on any atom is 0.275 e. The van der Waals surface area contributed by atoms with Crippen LogP contribution in [0, 0.1) is 0 Å². The Morgan fingerprint density at radius 1 is 0.900 bits per heavy atom. The molecule has 0 unspecified atom stereocenters. The summed E-state index contributed by atoms with van der Waals surface area (Å²) in [6.45, 7) is 0.334. The van der Waals surface area contributed by atoms with E-state index in [1.54, 1.807) is 36.5 Å². The molecule has 0 saturated carbocycles. The van der Waals surface area contributed by atoms with Gasteiger partial charge in [0, 0.05) is 10.6 Å². The van der Waals surface area contributed by atoms with E-state index in [4.69, 9.17) is 16.3 Å². The van der Waals surface area contributed by atoms with E-state index in [1.165, 1.54) is 0 Å². The number of ether oxygens (including phenoxy) is 1. The molecular formula is C25H19ClN2O2. The highest BCUT2D eigenvalue weighted by molar-refractivity contribution is 6.30. The smallest absolute Gasteiger partial charge is 0.275 e. The van der Waals surface area contributed by atoms with Gasteiger partial charge in [0.15, 0.2) is 0 Å². The fourth-order valence-electron chi connectivity index (χ4n) is 3.11. The quantitative estimate of drug-likeness (QED) is 0.318. The maximum absolute atomic E-state index is 12.7. The minimum Gasteiger partial charge on any atom is -0.488 e. The van der Waals surface area contributed by atoms with Crippen LogP contribution in [-0.2, 0) is 6.61 Å². The van der Waals surface area contributed by atoms with Gasteiger partial charge in [0.2, 0.25) is 0 Å². The molecule has 0 fully saturated rings. The molecule has 1 amide bonds. The molecule has 0 aromatic heterocycles. The Labute approximate surface area is 179 Å². The molecule has 0 saturated heterocycles. The topological polar surface area (TPSA) is 50.7 Å². The summed E-state index contributed by atoms with van der Waals surface area (Å²) in [7, 11) is 0. The fraction of sp³-hybridized carbons (Fsp3) is 0.0400. The third-order valence-corrected chi connectivity index (χ3v) is 4.88. The second kappa shape index (κ2) is 9.25. The van der Waals surface area contributed by atoms with Crippen LogP contribution in [0.15, 0.2) is 96.1 Å². The number of hydrogen-bond donors (Lipinski definition) is 1. The van der Waals surface area contributed by atoms with Crippen molar-refractivity contribution >= 4 is 34.5 Å². The van der Waals surface area contributed by atoms with Gasteiger partial charge in [0.25, 0.3) is 5.91 Å². The summed E-state index contributed by atoms with van der Waals surface area (Å²) in [6, 6.07) is 28.5. The lowest BCUT2D eigenvalue weighted by Gasteiger charge is -2.10. The minimum atomic E-state index is -0.335. The average molecular weight is 415 g/mol. The van der Waals surface area contributed by atoms with Gasteiger partial charge in [-0.05, 0) is 40.6 Å². The predicted molar refractivity (Wildman–Crippen MR) is 121 cm³/mol. The van der Waals surface area contributed by atoms with Crippen molar-refractivity contribution in [3.63, 3.8) is 0 Å². The lowest BCUT2D eigenvalue weighted by atomic mass is 10.1. The number of benzene rings is 4. The van der Waals surface area contributed by atoms with Crippen LogP contribution >= 0.6 is 11.6 Å². The Bertz CT molecular complexity index is 1200. The van der Waals surface area contributed by atoms with E-state index in [-0.39, 0.29) is 5.91 Å². The number of nitrogens with zero attached hydrogens (tertiary/aromatic N) is 1. The van der Waals surface area contributed by atoms with Crippen molar-refractivity contribution < 1.29 is 9.53 Å². The van der Waals surface area contributed by atoms with E-state index in [2.05, 4.69) is 10.5 Å². The van der Waals surface area contributed by atoms with E-state index in [9.17, 15) is 4.79 Å². The molecule has 0 aliphatic carbocycles. The molecule has 4 nitrogen and oxygen atoms in total. The first-order chi connectivity index (χ1) is 14.7. The highest BCUT2D eigenvalue weighted by Gasteiger charge is 2.11. The van der Waals surface area contributed by atoms with Gasteiger partial charge in [0.1, 0.15) is 12.4 Å². The zero-order chi connectivity index (χ0) is 20.8. The Morgan fingerprint density at radius 3 is 2.50 bits per heavy atom. The second-order valence-electron chi connectivity index (χ2n) is 6.68. The summed E-state index contributed by atoms with van der Waals surface area (Å²) in [4.78, 5) is 12.7. The van der Waals surface area contributed by atoms with Gasteiger partial charge in [0.05, 0.1) is 11.8 Å². The fourth-order valence-corrected chi connectivity index (χ4v) is 3.23. The molecule has 0 spiro atoms. The monoisotopic (exact) mass is 414 g/mol. The van der Waals surface area contributed by atoms with Crippen LogP contribution in [-0.4, -0.2) is 12.1 Å². The van der Waals surface area contributed by atoms with E-state index < -0.39 is 0 Å². The number of hydrogen-bond acceptors (Lipinski definition) is 3. The summed E-state index contributed by atoms with van der Waals surface area (Å²) in [5, 5.41) is 7.00. The normalized spacial score (nSPS) is 11.0. The van der Waals surface area contributed by atoms with Crippen molar-refractivity contribution in [1.82, 2.24) is 5.43 Å². The summed E-state index contributed by atoms with van der Waals surface area (Å²) < 4.78 is 5.85. The summed E-state index contributed by atoms with van der Waals surface area (Å²) in [5.74, 6) is 0.156. The zero-order valence-corrected chi connectivity index (χ0v) is 16.8. The van der Waals surface area contributed by atoms with Crippen LogP contribution < -0.4 is 10.2 Å². The molecular weight excluding hydrogens is 396 g/mol. The molecule has 0 atom stereocenters. The van der Waals surface area contributed by atoms with Gasteiger partial charge in [-0.15, -0.1) is 0 Å². The van der Waals surface area contributed by atoms with Crippen LogP contribution in [0.4, 0.5) is 0 Å². The Morgan fingerprint density at radius 2 is 1.63 bits per heavy atom. The predicted octanol–water partition coefficient (Wildman–Crippen LogP) is 5.84. The maximum atomic E-state index is 12.7. The number of para-hydroxylation sites is 1. The van der Waals surface area contributed by atoms with Crippen molar-refractivity contribution in [2.45, 2.75) is 6.61 Å². The van der Waals surface area contributed by atoms with Crippen molar-refractivity contribution in [2.24, 2.45) is 5.10 Å². The molecule has 4 rings (SSSR count). The Balaban J connectivity index is 1.45. The highest BCUT2D eigenvalue weighted by Crippen LogP contribution is 2.20. The standard InChI is InChI=1S/C25H19ClN2O2/c26-21-14-12-18(13-15-21)17-30-24-11-4-3-10-23(24)25(29)28-27-16-20-8-5-7-19-6-1-2-9-22(19)20/h1-16H,17H2,(H,28,29)/b27-16-. The number of carbonyl (C=O) groups is 1. The molecule has 0 bridgehead atoms. The van der Waals surface area contributed by atoms with Crippen LogP contribution in [0.1, 0.15) is 21.5 Å². The molecule has 0 aliphatic heterocycles. The van der Waals surface area contributed by atoms with Gasteiger partial charge in [-0.3, -0.25) is 4.79 Å². The minimum absolute atomic E-state index is 0.334. The van der Waals surface area contributed by atoms with Gasteiger partial charge < -0.3 is 4.74 Å². The highest BCUT2D eigenvalue weighted by atomic mass is 35.5. The molecule has 30 heavy (non-hydrogen) atoms. The first kappa shape index (κ1) is 19.7. The molecule has 0 heterocycles. The molecule has 1 N–H and O–H groups in total. The van der Waals surface area contributed by atoms with Crippen LogP contribution in [0.3, 0.4) is 0 Å². The van der Waals surface area contributed by atoms with E-state index >= 15 is 0 Å². The number of nitrogens with one attached hydrogen (secondary N) is 1. The molecule has 0 radical (unpaired) electrons. The first-order valence-electron chi connectivity index (χ1n) is 9.48. The van der Waals surface area contributed by atoms with Gasteiger partial charge in [-0.2, -0.15) is 5.10 Å². The molecule has 5 heteroatoms. The third kappa shape index (κ3) is 4.67. The lowest BCUT2D eigenvalue weighted by Crippen LogP contribution is -2.18. The number of fused-ring (bicyclic) bond motifs is 1. The summed E-state index contributed by atoms with van der Waals surface area (Å²) in [6.07, 6.45) is 1.65.